The van der Waals surface area contributed by atoms with E-state index in [1.165, 1.54) is 12.4 Å². The van der Waals surface area contributed by atoms with E-state index in [1.54, 1.807) is 47.3 Å². The number of piperazine rings is 1. The van der Waals surface area contributed by atoms with Crippen molar-refractivity contribution in [2.24, 2.45) is 5.92 Å². The third-order valence-corrected chi connectivity index (χ3v) is 6.23. The third kappa shape index (κ3) is 4.08. The second-order valence-corrected chi connectivity index (χ2v) is 8.77. The molecule has 0 radical (unpaired) electrons. The molecule has 1 amide bonds. The Labute approximate surface area is 202 Å². The Morgan fingerprint density at radius 2 is 1.83 bits per heavy atom. The number of halogens is 1. The van der Waals surface area contributed by atoms with E-state index in [0.717, 1.165) is 0 Å². The number of aromatic nitrogens is 4. The molecule has 1 aliphatic heterocycles. The fraction of sp³-hybridized carbons (Fsp3) is 0.269. The first-order valence-electron chi connectivity index (χ1n) is 11.5. The van der Waals surface area contributed by atoms with Crippen LogP contribution in [0.15, 0.2) is 55.1 Å². The molecular formula is C26H24FN7O. The molecule has 4 aromatic rings. The lowest BCUT2D eigenvalue weighted by Gasteiger charge is -2.36. The van der Waals surface area contributed by atoms with Gasteiger partial charge in [0.2, 0.25) is 5.91 Å². The van der Waals surface area contributed by atoms with Gasteiger partial charge in [-0.1, -0.05) is 32.0 Å². The number of carbonyl (C=O) groups is 1. The van der Waals surface area contributed by atoms with Crippen LogP contribution in [-0.2, 0) is 4.79 Å². The minimum atomic E-state index is -0.354. The highest BCUT2D eigenvalue weighted by Crippen LogP contribution is 2.37. The van der Waals surface area contributed by atoms with E-state index in [0.29, 0.717) is 65.5 Å². The Hall–Kier alpha value is -4.32. The number of fused-ring (bicyclic) bond motifs is 1. The van der Waals surface area contributed by atoms with Gasteiger partial charge in [-0.25, -0.2) is 19.3 Å². The van der Waals surface area contributed by atoms with E-state index < -0.39 is 0 Å². The number of benzene rings is 1. The molecule has 176 valence electrons. The summed E-state index contributed by atoms with van der Waals surface area (Å²) in [6.45, 7) is 6.19. The molecule has 0 bridgehead atoms. The SMILES string of the molecule is CC(C)C(=O)N1CCN(c2ncnc3c2c(-c2ccccc2F)cn3-c2cc(C#N)ccn2)CC1. The molecule has 1 aromatic carbocycles. The summed E-state index contributed by atoms with van der Waals surface area (Å²) < 4.78 is 16.7. The predicted molar refractivity (Wildman–Crippen MR) is 130 cm³/mol. The number of anilines is 1. The minimum absolute atomic E-state index is 0.0503. The topological polar surface area (TPSA) is 90.9 Å². The highest BCUT2D eigenvalue weighted by molar-refractivity contribution is 6.02. The van der Waals surface area contributed by atoms with Gasteiger partial charge in [0, 0.05) is 55.6 Å². The van der Waals surface area contributed by atoms with Crippen molar-refractivity contribution in [2.75, 3.05) is 31.1 Å². The molecule has 5 rings (SSSR count). The maximum Gasteiger partial charge on any atom is 0.225 e. The molecule has 0 unspecified atom stereocenters. The number of amides is 1. The van der Waals surface area contributed by atoms with E-state index in [2.05, 4.69) is 25.9 Å². The van der Waals surface area contributed by atoms with Crippen molar-refractivity contribution in [3.05, 3.63) is 66.5 Å². The Morgan fingerprint density at radius 1 is 1.06 bits per heavy atom. The quantitative estimate of drug-likeness (QED) is 0.452. The molecule has 1 aliphatic rings. The van der Waals surface area contributed by atoms with E-state index in [9.17, 15) is 14.4 Å². The Kier molecular flexibility index (Phi) is 5.87. The molecule has 1 fully saturated rings. The number of nitrogens with zero attached hydrogens (tertiary/aromatic N) is 7. The summed E-state index contributed by atoms with van der Waals surface area (Å²) in [7, 11) is 0. The summed E-state index contributed by atoms with van der Waals surface area (Å²) in [5.41, 5.74) is 2.09. The third-order valence-electron chi connectivity index (χ3n) is 6.23. The molecule has 0 N–H and O–H groups in total. The zero-order valence-corrected chi connectivity index (χ0v) is 19.5. The van der Waals surface area contributed by atoms with Gasteiger partial charge < -0.3 is 9.80 Å². The Balaban J connectivity index is 1.65. The molecule has 0 saturated carbocycles. The molecular weight excluding hydrogens is 445 g/mol. The Bertz CT molecular complexity index is 1450. The van der Waals surface area contributed by atoms with Crippen molar-refractivity contribution in [3.63, 3.8) is 0 Å². The minimum Gasteiger partial charge on any atom is -0.352 e. The first kappa shape index (κ1) is 22.5. The summed E-state index contributed by atoms with van der Waals surface area (Å²) in [4.78, 5) is 30.0. The molecule has 0 aliphatic carbocycles. The fourth-order valence-electron chi connectivity index (χ4n) is 4.47. The summed E-state index contributed by atoms with van der Waals surface area (Å²) >= 11 is 0. The molecule has 9 heteroatoms. The summed E-state index contributed by atoms with van der Waals surface area (Å²) in [6.07, 6.45) is 4.85. The molecule has 4 heterocycles. The van der Waals surface area contributed by atoms with E-state index in [-0.39, 0.29) is 17.6 Å². The van der Waals surface area contributed by atoms with Gasteiger partial charge >= 0.3 is 0 Å². The van der Waals surface area contributed by atoms with Crippen LogP contribution in [0, 0.1) is 23.1 Å². The maximum absolute atomic E-state index is 15.0. The van der Waals surface area contributed by atoms with Crippen molar-refractivity contribution in [3.8, 4) is 23.0 Å². The van der Waals surface area contributed by atoms with Gasteiger partial charge in [0.1, 0.15) is 23.8 Å². The highest BCUT2D eigenvalue weighted by atomic mass is 19.1. The largest absolute Gasteiger partial charge is 0.352 e. The maximum atomic E-state index is 15.0. The standard InChI is InChI=1S/C26H24FN7O/c1-17(2)26(35)33-11-9-32(10-12-33)24-23-20(19-5-3-4-6-21(19)27)15-34(25(23)31-16-30-24)22-13-18(14-28)7-8-29-22/h3-8,13,15-17H,9-12H2,1-2H3. The van der Waals surface area contributed by atoms with Crippen molar-refractivity contribution >= 4 is 22.8 Å². The fourth-order valence-corrected chi connectivity index (χ4v) is 4.47. The first-order valence-corrected chi connectivity index (χ1v) is 11.5. The predicted octanol–water partition coefficient (Wildman–Crippen LogP) is 3.80. The summed E-state index contributed by atoms with van der Waals surface area (Å²) in [6, 6.07) is 12.0. The van der Waals surface area contributed by atoms with Crippen LogP contribution in [0.4, 0.5) is 10.2 Å². The second kappa shape index (κ2) is 9.14. The molecule has 1 saturated heterocycles. The molecule has 35 heavy (non-hydrogen) atoms. The monoisotopic (exact) mass is 469 g/mol. The zero-order chi connectivity index (χ0) is 24.5. The van der Waals surface area contributed by atoms with Crippen LogP contribution >= 0.6 is 0 Å². The van der Waals surface area contributed by atoms with Gasteiger partial charge in [0.25, 0.3) is 0 Å². The van der Waals surface area contributed by atoms with Crippen molar-refractivity contribution in [1.29, 1.82) is 5.26 Å². The lowest BCUT2D eigenvalue weighted by Crippen LogP contribution is -2.50. The van der Waals surface area contributed by atoms with Crippen LogP contribution in [0.5, 0.6) is 0 Å². The number of rotatable bonds is 4. The highest BCUT2D eigenvalue weighted by Gasteiger charge is 2.27. The van der Waals surface area contributed by atoms with E-state index in [1.807, 2.05) is 18.7 Å². The molecule has 3 aromatic heterocycles. The zero-order valence-electron chi connectivity index (χ0n) is 19.5. The van der Waals surface area contributed by atoms with Gasteiger partial charge in [0.15, 0.2) is 5.65 Å². The number of hydrogen-bond donors (Lipinski definition) is 0. The Morgan fingerprint density at radius 3 is 2.54 bits per heavy atom. The smallest absolute Gasteiger partial charge is 0.225 e. The summed E-state index contributed by atoms with van der Waals surface area (Å²) in [5, 5.41) is 10.1. The van der Waals surface area contributed by atoms with Crippen LogP contribution in [0.25, 0.3) is 28.0 Å². The lowest BCUT2D eigenvalue weighted by atomic mass is 10.1. The van der Waals surface area contributed by atoms with Crippen LogP contribution in [0.2, 0.25) is 0 Å². The van der Waals surface area contributed by atoms with Gasteiger partial charge in [-0.3, -0.25) is 9.36 Å². The van der Waals surface area contributed by atoms with Crippen LogP contribution in [0.1, 0.15) is 19.4 Å². The van der Waals surface area contributed by atoms with Gasteiger partial charge in [-0.15, -0.1) is 0 Å². The van der Waals surface area contributed by atoms with Crippen LogP contribution in [-0.4, -0.2) is 56.5 Å². The second-order valence-electron chi connectivity index (χ2n) is 8.77. The molecule has 0 spiro atoms. The van der Waals surface area contributed by atoms with Crippen molar-refractivity contribution in [2.45, 2.75) is 13.8 Å². The average Bonchev–Trinajstić information content (AvgIpc) is 3.28. The van der Waals surface area contributed by atoms with Crippen molar-refractivity contribution in [1.82, 2.24) is 24.4 Å². The normalized spacial score (nSPS) is 13.9. The lowest BCUT2D eigenvalue weighted by molar-refractivity contribution is -0.134. The average molecular weight is 470 g/mol. The van der Waals surface area contributed by atoms with E-state index >= 15 is 0 Å². The van der Waals surface area contributed by atoms with Gasteiger partial charge in [-0.05, 0) is 18.2 Å². The number of hydrogen-bond acceptors (Lipinski definition) is 6. The van der Waals surface area contributed by atoms with Crippen molar-refractivity contribution < 1.29 is 9.18 Å². The number of pyridine rings is 1. The van der Waals surface area contributed by atoms with Crippen LogP contribution in [0.3, 0.4) is 0 Å². The number of carbonyl (C=O) groups excluding carboxylic acids is 1. The van der Waals surface area contributed by atoms with Gasteiger partial charge in [-0.2, -0.15) is 5.26 Å². The summed E-state index contributed by atoms with van der Waals surface area (Å²) in [5.74, 6) is 0.922. The van der Waals surface area contributed by atoms with Crippen LogP contribution < -0.4 is 4.90 Å². The first-order chi connectivity index (χ1) is 17.0. The van der Waals surface area contributed by atoms with E-state index in [4.69, 9.17) is 0 Å². The number of nitriles is 1. The molecule has 8 nitrogen and oxygen atoms in total. The van der Waals surface area contributed by atoms with Gasteiger partial charge in [0.05, 0.1) is 17.0 Å². The molecule has 0 atom stereocenters.